The highest BCUT2D eigenvalue weighted by molar-refractivity contribution is 8.00. The molecule has 0 saturated carbocycles. The molecule has 0 bridgehead atoms. The molecule has 138 valence electrons. The Labute approximate surface area is 162 Å². The first-order valence-corrected chi connectivity index (χ1v) is 9.65. The van der Waals surface area contributed by atoms with Gasteiger partial charge >= 0.3 is 0 Å². The highest BCUT2D eigenvalue weighted by Gasteiger charge is 2.10. The standard InChI is InChI=1S/C19H21ClN2O3S/c1-3-13-4-7-15(8-5-13)21-18(23)11-26-12-19(24)22-16-10-14(20)6-9-17(16)25-2/h4-10H,3,11-12H2,1-2H3,(H,21,23)(H,22,24). The third-order valence-corrected chi connectivity index (χ3v) is 4.72. The van der Waals surface area contributed by atoms with Gasteiger partial charge in [-0.05, 0) is 42.3 Å². The van der Waals surface area contributed by atoms with Crippen molar-refractivity contribution >= 4 is 46.6 Å². The molecule has 5 nitrogen and oxygen atoms in total. The molecule has 0 spiro atoms. The summed E-state index contributed by atoms with van der Waals surface area (Å²) in [5.41, 5.74) is 2.47. The Morgan fingerprint density at radius 2 is 1.69 bits per heavy atom. The van der Waals surface area contributed by atoms with Gasteiger partial charge in [0.05, 0.1) is 24.3 Å². The first-order chi connectivity index (χ1) is 12.5. The summed E-state index contributed by atoms with van der Waals surface area (Å²) in [6.45, 7) is 2.08. The number of rotatable bonds is 8. The topological polar surface area (TPSA) is 67.4 Å². The van der Waals surface area contributed by atoms with Crippen LogP contribution in [0.25, 0.3) is 0 Å². The van der Waals surface area contributed by atoms with Gasteiger partial charge in [-0.25, -0.2) is 0 Å². The van der Waals surface area contributed by atoms with E-state index in [0.717, 1.165) is 12.1 Å². The summed E-state index contributed by atoms with van der Waals surface area (Å²) in [7, 11) is 1.52. The maximum absolute atomic E-state index is 12.0. The molecule has 0 radical (unpaired) electrons. The van der Waals surface area contributed by atoms with Crippen LogP contribution in [0.4, 0.5) is 11.4 Å². The summed E-state index contributed by atoms with van der Waals surface area (Å²) >= 11 is 7.17. The van der Waals surface area contributed by atoms with E-state index >= 15 is 0 Å². The number of hydrogen-bond acceptors (Lipinski definition) is 4. The maximum atomic E-state index is 12.0. The highest BCUT2D eigenvalue weighted by Crippen LogP contribution is 2.27. The van der Waals surface area contributed by atoms with Crippen LogP contribution < -0.4 is 15.4 Å². The summed E-state index contributed by atoms with van der Waals surface area (Å²) in [4.78, 5) is 24.0. The molecule has 26 heavy (non-hydrogen) atoms. The van der Waals surface area contributed by atoms with Crippen molar-refractivity contribution in [2.24, 2.45) is 0 Å². The zero-order chi connectivity index (χ0) is 18.9. The van der Waals surface area contributed by atoms with E-state index in [-0.39, 0.29) is 23.3 Å². The second-order valence-corrected chi connectivity index (χ2v) is 6.91. The van der Waals surface area contributed by atoms with Crippen molar-refractivity contribution in [3.05, 3.63) is 53.1 Å². The number of hydrogen-bond donors (Lipinski definition) is 2. The first kappa shape index (κ1) is 20.1. The number of thioether (sulfide) groups is 1. The van der Waals surface area contributed by atoms with Crippen molar-refractivity contribution in [2.75, 3.05) is 29.2 Å². The lowest BCUT2D eigenvalue weighted by Gasteiger charge is -2.10. The van der Waals surface area contributed by atoms with Crippen LogP contribution in [0.1, 0.15) is 12.5 Å². The Kier molecular flexibility index (Phi) is 7.81. The van der Waals surface area contributed by atoms with E-state index in [4.69, 9.17) is 16.3 Å². The lowest BCUT2D eigenvalue weighted by atomic mass is 10.1. The third-order valence-electron chi connectivity index (χ3n) is 3.55. The minimum absolute atomic E-state index is 0.146. The summed E-state index contributed by atoms with van der Waals surface area (Å²) in [5.74, 6) is 0.497. The van der Waals surface area contributed by atoms with Crippen LogP contribution in [0, 0.1) is 0 Å². The van der Waals surface area contributed by atoms with Crippen molar-refractivity contribution in [3.63, 3.8) is 0 Å². The molecule has 0 atom stereocenters. The van der Waals surface area contributed by atoms with E-state index in [1.165, 1.54) is 24.4 Å². The fourth-order valence-electron chi connectivity index (χ4n) is 2.22. The second-order valence-electron chi connectivity index (χ2n) is 5.48. The fourth-order valence-corrected chi connectivity index (χ4v) is 3.01. The fraction of sp³-hybridized carbons (Fsp3) is 0.263. The SMILES string of the molecule is CCc1ccc(NC(=O)CSCC(=O)Nc2cc(Cl)ccc2OC)cc1. The number of methoxy groups -OCH3 is 1. The molecule has 2 amide bonds. The van der Waals surface area contributed by atoms with Gasteiger partial charge in [0.15, 0.2) is 0 Å². The molecule has 0 aliphatic rings. The average molecular weight is 393 g/mol. The van der Waals surface area contributed by atoms with E-state index in [1.54, 1.807) is 18.2 Å². The molecule has 0 unspecified atom stereocenters. The van der Waals surface area contributed by atoms with Gasteiger partial charge in [0, 0.05) is 10.7 Å². The van der Waals surface area contributed by atoms with E-state index in [1.807, 2.05) is 24.3 Å². The van der Waals surface area contributed by atoms with Crippen molar-refractivity contribution in [3.8, 4) is 5.75 Å². The molecule has 2 aromatic carbocycles. The Morgan fingerprint density at radius 3 is 2.31 bits per heavy atom. The van der Waals surface area contributed by atoms with Gasteiger partial charge in [-0.1, -0.05) is 30.7 Å². The molecule has 0 aromatic heterocycles. The van der Waals surface area contributed by atoms with Crippen molar-refractivity contribution in [1.29, 1.82) is 0 Å². The van der Waals surface area contributed by atoms with E-state index in [0.29, 0.717) is 16.5 Å². The van der Waals surface area contributed by atoms with Gasteiger partial charge in [0.1, 0.15) is 5.75 Å². The molecule has 2 aromatic rings. The van der Waals surface area contributed by atoms with Gasteiger partial charge in [0.2, 0.25) is 11.8 Å². The van der Waals surface area contributed by atoms with E-state index in [9.17, 15) is 9.59 Å². The molecule has 7 heteroatoms. The monoisotopic (exact) mass is 392 g/mol. The smallest absolute Gasteiger partial charge is 0.234 e. The molecular weight excluding hydrogens is 372 g/mol. The minimum Gasteiger partial charge on any atom is -0.495 e. The number of aryl methyl sites for hydroxylation is 1. The summed E-state index contributed by atoms with van der Waals surface area (Å²) in [6, 6.07) is 12.7. The van der Waals surface area contributed by atoms with Gasteiger partial charge in [-0.2, -0.15) is 0 Å². The van der Waals surface area contributed by atoms with Crippen molar-refractivity contribution in [2.45, 2.75) is 13.3 Å². The zero-order valence-electron chi connectivity index (χ0n) is 14.7. The Balaban J connectivity index is 1.77. The van der Waals surface area contributed by atoms with Crippen LogP contribution in [0.15, 0.2) is 42.5 Å². The second kappa shape index (κ2) is 10.1. The molecule has 0 heterocycles. The number of carbonyl (C=O) groups excluding carboxylic acids is 2. The van der Waals surface area contributed by atoms with Crippen molar-refractivity contribution < 1.29 is 14.3 Å². The Morgan fingerprint density at radius 1 is 1.04 bits per heavy atom. The molecule has 0 fully saturated rings. The number of anilines is 2. The quantitative estimate of drug-likeness (QED) is 0.705. The Hall–Kier alpha value is -2.18. The minimum atomic E-state index is -0.226. The predicted octanol–water partition coefficient (Wildman–Crippen LogP) is 4.22. The van der Waals surface area contributed by atoms with Crippen LogP contribution in [0.3, 0.4) is 0 Å². The van der Waals surface area contributed by atoms with Gasteiger partial charge < -0.3 is 15.4 Å². The van der Waals surface area contributed by atoms with Crippen molar-refractivity contribution in [1.82, 2.24) is 0 Å². The molecule has 0 aliphatic carbocycles. The van der Waals surface area contributed by atoms with E-state index in [2.05, 4.69) is 17.6 Å². The number of amides is 2. The third kappa shape index (κ3) is 6.28. The molecular formula is C19H21ClN2O3S. The van der Waals surface area contributed by atoms with Crippen LogP contribution >= 0.6 is 23.4 Å². The summed E-state index contributed by atoms with van der Waals surface area (Å²) in [5, 5.41) is 6.05. The molecule has 2 rings (SSSR count). The number of benzene rings is 2. The van der Waals surface area contributed by atoms with Crippen LogP contribution in [0.2, 0.25) is 5.02 Å². The van der Waals surface area contributed by atoms with Gasteiger partial charge in [-0.15, -0.1) is 11.8 Å². The molecule has 0 aliphatic heterocycles. The molecule has 2 N–H and O–H groups in total. The normalized spacial score (nSPS) is 10.3. The average Bonchev–Trinajstić information content (AvgIpc) is 2.62. The Bertz CT molecular complexity index is 766. The van der Waals surface area contributed by atoms with E-state index < -0.39 is 0 Å². The summed E-state index contributed by atoms with van der Waals surface area (Å²) < 4.78 is 5.18. The molecule has 0 saturated heterocycles. The lowest BCUT2D eigenvalue weighted by molar-refractivity contribution is -0.114. The number of ether oxygens (including phenoxy) is 1. The zero-order valence-corrected chi connectivity index (χ0v) is 16.2. The largest absolute Gasteiger partial charge is 0.495 e. The number of halogens is 1. The first-order valence-electron chi connectivity index (χ1n) is 8.11. The van der Waals surface area contributed by atoms with Gasteiger partial charge in [-0.3, -0.25) is 9.59 Å². The number of nitrogens with one attached hydrogen (secondary N) is 2. The van der Waals surface area contributed by atoms with Gasteiger partial charge in [0.25, 0.3) is 0 Å². The van der Waals surface area contributed by atoms with Crippen LogP contribution in [0.5, 0.6) is 5.75 Å². The van der Waals surface area contributed by atoms with Crippen LogP contribution in [-0.2, 0) is 16.0 Å². The highest BCUT2D eigenvalue weighted by atomic mass is 35.5. The predicted molar refractivity (Wildman–Crippen MR) is 108 cm³/mol. The number of carbonyl (C=O) groups is 2. The lowest BCUT2D eigenvalue weighted by Crippen LogP contribution is -2.18. The maximum Gasteiger partial charge on any atom is 0.234 e. The van der Waals surface area contributed by atoms with Crippen LogP contribution in [-0.4, -0.2) is 30.4 Å². The summed E-state index contributed by atoms with van der Waals surface area (Å²) in [6.07, 6.45) is 0.955.